The molecule has 2 amide bonds. The van der Waals surface area contributed by atoms with Crippen LogP contribution in [-0.2, 0) is 4.79 Å². The molecule has 29 heavy (non-hydrogen) atoms. The lowest BCUT2D eigenvalue weighted by Gasteiger charge is -2.34. The Kier molecular flexibility index (Phi) is 5.74. The van der Waals surface area contributed by atoms with Gasteiger partial charge in [-0.05, 0) is 37.8 Å². The number of ketones is 1. The molecule has 0 aromatic heterocycles. The van der Waals surface area contributed by atoms with E-state index in [9.17, 15) is 14.4 Å². The standard InChI is InChI=1S/C24H26N2O3/c27-22(18-8-3-1-4-9-18)21-12-7-15-26(21)24(29)20-13-16-25(17-14-20)23(28)19-10-5-2-6-11-19/h1-6,8-11,20-21H,7,12-17H2. The molecule has 0 saturated carbocycles. The number of rotatable bonds is 4. The van der Waals surface area contributed by atoms with E-state index in [0.29, 0.717) is 43.6 Å². The van der Waals surface area contributed by atoms with E-state index in [0.717, 1.165) is 12.8 Å². The minimum Gasteiger partial charge on any atom is -0.339 e. The van der Waals surface area contributed by atoms with Gasteiger partial charge >= 0.3 is 0 Å². The SMILES string of the molecule is O=C(c1ccccc1)C1CCCN1C(=O)C1CCN(C(=O)c2ccccc2)CC1. The van der Waals surface area contributed by atoms with Crippen LogP contribution in [-0.4, -0.2) is 53.1 Å². The van der Waals surface area contributed by atoms with Gasteiger partial charge in [-0.15, -0.1) is 0 Å². The molecule has 2 aromatic carbocycles. The first kappa shape index (κ1) is 19.4. The topological polar surface area (TPSA) is 57.7 Å². The number of nitrogens with zero attached hydrogens (tertiary/aromatic N) is 2. The highest BCUT2D eigenvalue weighted by atomic mass is 16.2. The molecule has 2 aliphatic rings. The summed E-state index contributed by atoms with van der Waals surface area (Å²) in [5.74, 6) is 0.0190. The van der Waals surface area contributed by atoms with Crippen LogP contribution in [0, 0.1) is 5.92 Å². The van der Waals surface area contributed by atoms with Gasteiger partial charge in [0.1, 0.15) is 0 Å². The van der Waals surface area contributed by atoms with Crippen LogP contribution in [0.3, 0.4) is 0 Å². The van der Waals surface area contributed by atoms with Crippen molar-refractivity contribution in [1.82, 2.24) is 9.80 Å². The molecule has 2 aliphatic heterocycles. The van der Waals surface area contributed by atoms with Crippen molar-refractivity contribution in [2.45, 2.75) is 31.7 Å². The first-order chi connectivity index (χ1) is 14.1. The Morgan fingerprint density at radius 3 is 1.93 bits per heavy atom. The Balaban J connectivity index is 1.38. The second-order valence-electron chi connectivity index (χ2n) is 7.85. The lowest BCUT2D eigenvalue weighted by molar-refractivity contribution is -0.137. The number of hydrogen-bond acceptors (Lipinski definition) is 3. The summed E-state index contributed by atoms with van der Waals surface area (Å²) in [5.41, 5.74) is 1.35. The van der Waals surface area contributed by atoms with Crippen LogP contribution in [0.25, 0.3) is 0 Å². The minimum absolute atomic E-state index is 0.0230. The maximum atomic E-state index is 13.2. The van der Waals surface area contributed by atoms with Gasteiger partial charge in [0.15, 0.2) is 5.78 Å². The molecule has 0 radical (unpaired) electrons. The second kappa shape index (κ2) is 8.60. The van der Waals surface area contributed by atoms with Crippen LogP contribution in [0.5, 0.6) is 0 Å². The van der Waals surface area contributed by atoms with Gasteiger partial charge in [0.05, 0.1) is 6.04 Å². The van der Waals surface area contributed by atoms with Crippen LogP contribution in [0.4, 0.5) is 0 Å². The number of piperidine rings is 1. The third-order valence-corrected chi connectivity index (χ3v) is 6.05. The van der Waals surface area contributed by atoms with E-state index in [1.165, 1.54) is 0 Å². The summed E-state index contributed by atoms with van der Waals surface area (Å²) in [5, 5.41) is 0. The lowest BCUT2D eigenvalue weighted by atomic mass is 9.93. The zero-order valence-corrected chi connectivity index (χ0v) is 16.5. The van der Waals surface area contributed by atoms with Gasteiger partial charge in [0, 0.05) is 36.7 Å². The molecule has 5 heteroatoms. The molecule has 2 saturated heterocycles. The third-order valence-electron chi connectivity index (χ3n) is 6.05. The monoisotopic (exact) mass is 390 g/mol. The van der Waals surface area contributed by atoms with Crippen LogP contribution >= 0.6 is 0 Å². The average molecular weight is 390 g/mol. The summed E-state index contributed by atoms with van der Waals surface area (Å²) >= 11 is 0. The van der Waals surface area contributed by atoms with Gasteiger partial charge in [0.25, 0.3) is 5.91 Å². The Hall–Kier alpha value is -2.95. The van der Waals surface area contributed by atoms with Gasteiger partial charge in [-0.3, -0.25) is 14.4 Å². The van der Waals surface area contributed by atoms with Gasteiger partial charge in [0.2, 0.25) is 5.91 Å². The van der Waals surface area contributed by atoms with Gasteiger partial charge in [-0.2, -0.15) is 0 Å². The molecule has 0 aliphatic carbocycles. The van der Waals surface area contributed by atoms with Gasteiger partial charge in [-0.1, -0.05) is 48.5 Å². The molecular formula is C24H26N2O3. The molecule has 5 nitrogen and oxygen atoms in total. The average Bonchev–Trinajstić information content (AvgIpc) is 3.29. The maximum Gasteiger partial charge on any atom is 0.253 e. The van der Waals surface area contributed by atoms with E-state index in [2.05, 4.69) is 0 Å². The molecule has 2 fully saturated rings. The fourth-order valence-corrected chi connectivity index (χ4v) is 4.43. The summed E-state index contributed by atoms with van der Waals surface area (Å²) in [4.78, 5) is 42.3. The zero-order valence-electron chi connectivity index (χ0n) is 16.5. The number of benzene rings is 2. The summed E-state index contributed by atoms with van der Waals surface area (Å²) in [6.07, 6.45) is 2.89. The molecule has 0 bridgehead atoms. The smallest absolute Gasteiger partial charge is 0.253 e. The Morgan fingerprint density at radius 1 is 0.724 bits per heavy atom. The molecule has 4 rings (SSSR count). The van der Waals surface area contributed by atoms with E-state index < -0.39 is 0 Å². The summed E-state index contributed by atoms with van der Waals surface area (Å²) in [6, 6.07) is 18.1. The summed E-state index contributed by atoms with van der Waals surface area (Å²) in [7, 11) is 0. The molecule has 0 N–H and O–H groups in total. The molecule has 2 heterocycles. The van der Waals surface area contributed by atoms with Crippen molar-refractivity contribution in [2.24, 2.45) is 5.92 Å². The van der Waals surface area contributed by atoms with Crippen molar-refractivity contribution in [3.05, 3.63) is 71.8 Å². The van der Waals surface area contributed by atoms with Crippen LogP contribution in [0.15, 0.2) is 60.7 Å². The largest absolute Gasteiger partial charge is 0.339 e. The molecule has 1 unspecified atom stereocenters. The highest BCUT2D eigenvalue weighted by Gasteiger charge is 2.38. The first-order valence-electron chi connectivity index (χ1n) is 10.4. The van der Waals surface area contributed by atoms with E-state index in [1.807, 2.05) is 65.6 Å². The number of carbonyl (C=O) groups excluding carboxylic acids is 3. The molecule has 150 valence electrons. The Morgan fingerprint density at radius 2 is 1.31 bits per heavy atom. The number of amides is 2. The molecule has 0 spiro atoms. The summed E-state index contributed by atoms with van der Waals surface area (Å²) < 4.78 is 0. The first-order valence-corrected chi connectivity index (χ1v) is 10.4. The second-order valence-corrected chi connectivity index (χ2v) is 7.85. The van der Waals surface area contributed by atoms with Crippen molar-refractivity contribution in [3.63, 3.8) is 0 Å². The highest BCUT2D eigenvalue weighted by molar-refractivity contribution is 6.02. The van der Waals surface area contributed by atoms with Crippen molar-refractivity contribution < 1.29 is 14.4 Å². The fourth-order valence-electron chi connectivity index (χ4n) is 4.43. The summed E-state index contributed by atoms with van der Waals surface area (Å²) in [6.45, 7) is 1.80. The molecule has 1 atom stereocenters. The van der Waals surface area contributed by atoms with Crippen molar-refractivity contribution in [1.29, 1.82) is 0 Å². The van der Waals surface area contributed by atoms with Crippen LogP contribution in [0.1, 0.15) is 46.4 Å². The fraction of sp³-hybridized carbons (Fsp3) is 0.375. The van der Waals surface area contributed by atoms with Gasteiger partial charge < -0.3 is 9.80 Å². The predicted molar refractivity (Wildman–Crippen MR) is 111 cm³/mol. The van der Waals surface area contributed by atoms with Crippen molar-refractivity contribution in [3.8, 4) is 0 Å². The molecule has 2 aromatic rings. The van der Waals surface area contributed by atoms with Crippen molar-refractivity contribution >= 4 is 17.6 Å². The number of hydrogen-bond donors (Lipinski definition) is 0. The Labute approximate surface area is 171 Å². The van der Waals surface area contributed by atoms with E-state index in [1.54, 1.807) is 4.90 Å². The van der Waals surface area contributed by atoms with E-state index in [4.69, 9.17) is 0 Å². The number of likely N-dealkylation sites (tertiary alicyclic amines) is 2. The molecular weight excluding hydrogens is 364 g/mol. The minimum atomic E-state index is -0.353. The maximum absolute atomic E-state index is 13.2. The number of carbonyl (C=O) groups is 3. The lowest BCUT2D eigenvalue weighted by Crippen LogP contribution is -2.47. The van der Waals surface area contributed by atoms with Crippen LogP contribution < -0.4 is 0 Å². The number of Topliss-reactive ketones (excluding diaryl/α,β-unsaturated/α-hetero) is 1. The van der Waals surface area contributed by atoms with Crippen LogP contribution in [0.2, 0.25) is 0 Å². The van der Waals surface area contributed by atoms with Gasteiger partial charge in [-0.25, -0.2) is 0 Å². The van der Waals surface area contributed by atoms with Crippen molar-refractivity contribution in [2.75, 3.05) is 19.6 Å². The Bertz CT molecular complexity index is 874. The van der Waals surface area contributed by atoms with E-state index >= 15 is 0 Å². The zero-order chi connectivity index (χ0) is 20.2. The van der Waals surface area contributed by atoms with E-state index in [-0.39, 0.29) is 29.6 Å². The predicted octanol–water partition coefficient (Wildman–Crippen LogP) is 3.41. The quantitative estimate of drug-likeness (QED) is 0.752. The normalized spacial score (nSPS) is 19.9. The highest BCUT2D eigenvalue weighted by Crippen LogP contribution is 2.27. The third kappa shape index (κ3) is 4.09.